The van der Waals surface area contributed by atoms with Crippen LogP contribution >= 0.6 is 48.0 Å². The summed E-state index contributed by atoms with van der Waals surface area (Å²) in [6.07, 6.45) is 6.24. The van der Waals surface area contributed by atoms with Gasteiger partial charge in [0, 0.05) is 22.2 Å². The summed E-state index contributed by atoms with van der Waals surface area (Å²) in [6.45, 7) is 10.4. The Hall–Kier alpha value is -0.680. The predicted molar refractivity (Wildman–Crippen MR) is 144 cm³/mol. The van der Waals surface area contributed by atoms with Crippen LogP contribution in [0.1, 0.15) is 57.1 Å². The fraction of sp³-hybridized carbons (Fsp3) is 0.520. The van der Waals surface area contributed by atoms with Gasteiger partial charge in [0.25, 0.3) is 0 Å². The number of hydrogen-bond acceptors (Lipinski definition) is 3. The zero-order chi connectivity index (χ0) is 21.6. The Morgan fingerprint density at radius 3 is 2.03 bits per heavy atom. The molecular weight excluding hydrogens is 486 g/mol. The highest BCUT2D eigenvalue weighted by Crippen LogP contribution is 2.24. The van der Waals surface area contributed by atoms with Crippen LogP contribution in [0.5, 0.6) is 5.75 Å². The summed E-state index contributed by atoms with van der Waals surface area (Å²) >= 11 is 12.2. The Labute approximate surface area is 217 Å². The molecule has 0 spiro atoms. The van der Waals surface area contributed by atoms with Gasteiger partial charge in [-0.1, -0.05) is 62.0 Å². The van der Waals surface area contributed by atoms with Gasteiger partial charge in [-0.3, -0.25) is 0 Å². The summed E-state index contributed by atoms with van der Waals surface area (Å²) in [7, 11) is 0. The van der Waals surface area contributed by atoms with Crippen LogP contribution in [-0.2, 0) is 13.2 Å². The minimum absolute atomic E-state index is 0. The van der Waals surface area contributed by atoms with Gasteiger partial charge in [-0.05, 0) is 81.3 Å². The van der Waals surface area contributed by atoms with Gasteiger partial charge < -0.3 is 15.0 Å². The summed E-state index contributed by atoms with van der Waals surface area (Å²) in [5.41, 5.74) is 2.18. The number of hydrogen-bond donors (Lipinski definition) is 1. The van der Waals surface area contributed by atoms with Crippen LogP contribution in [0, 0.1) is 0 Å². The van der Waals surface area contributed by atoms with Gasteiger partial charge in [-0.15, -0.1) is 24.8 Å². The van der Waals surface area contributed by atoms with Crippen molar-refractivity contribution in [3.8, 4) is 5.75 Å². The second-order valence-corrected chi connectivity index (χ2v) is 8.62. The minimum atomic E-state index is 0. The summed E-state index contributed by atoms with van der Waals surface area (Å²) in [5, 5.41) is 5.03. The Balaban J connectivity index is 0.00000480. The van der Waals surface area contributed by atoms with Crippen LogP contribution in [0.25, 0.3) is 0 Å². The van der Waals surface area contributed by atoms with E-state index in [4.69, 9.17) is 27.9 Å². The topological polar surface area (TPSA) is 24.5 Å². The van der Waals surface area contributed by atoms with Crippen molar-refractivity contribution in [1.82, 2.24) is 10.2 Å². The fourth-order valence-electron chi connectivity index (χ4n) is 3.32. The van der Waals surface area contributed by atoms with Gasteiger partial charge in [0.1, 0.15) is 12.4 Å². The molecule has 0 aliphatic heterocycles. The molecule has 2 aromatic carbocycles. The maximum absolute atomic E-state index is 6.23. The largest absolute Gasteiger partial charge is 0.489 e. The molecule has 0 fully saturated rings. The van der Waals surface area contributed by atoms with E-state index in [0.717, 1.165) is 53.0 Å². The van der Waals surface area contributed by atoms with Gasteiger partial charge in [-0.2, -0.15) is 0 Å². The number of nitrogens with one attached hydrogen (secondary N) is 1. The first kappa shape index (κ1) is 31.3. The van der Waals surface area contributed by atoms with E-state index in [1.165, 1.54) is 38.8 Å². The summed E-state index contributed by atoms with van der Waals surface area (Å²) in [6, 6.07) is 13.6. The number of ether oxygens (including phenoxy) is 1. The van der Waals surface area contributed by atoms with Crippen molar-refractivity contribution >= 4 is 48.0 Å². The molecule has 0 aliphatic rings. The lowest BCUT2D eigenvalue weighted by molar-refractivity contribution is 0.260. The number of halogens is 4. The number of unbranched alkanes of at least 4 members (excludes halogenated alkanes) is 2. The van der Waals surface area contributed by atoms with Gasteiger partial charge >= 0.3 is 0 Å². The van der Waals surface area contributed by atoms with Crippen molar-refractivity contribution in [2.75, 3.05) is 26.2 Å². The molecular formula is C25H38Cl4N2O. The SMILES string of the molecule is CCCCN(CCCC)CCCNCc1cc(Cl)ccc1OCc1ccc(Cl)cc1.Cl.Cl. The van der Waals surface area contributed by atoms with E-state index in [-0.39, 0.29) is 24.8 Å². The average molecular weight is 524 g/mol. The number of nitrogens with zero attached hydrogens (tertiary/aromatic N) is 1. The van der Waals surface area contributed by atoms with Crippen molar-refractivity contribution in [3.63, 3.8) is 0 Å². The first-order chi connectivity index (χ1) is 14.6. The molecule has 0 saturated carbocycles. The van der Waals surface area contributed by atoms with Crippen LogP contribution in [0.2, 0.25) is 10.0 Å². The first-order valence-corrected chi connectivity index (χ1v) is 12.0. The summed E-state index contributed by atoms with van der Waals surface area (Å²) < 4.78 is 6.05. The summed E-state index contributed by atoms with van der Waals surface area (Å²) in [5.74, 6) is 0.870. The molecule has 0 atom stereocenters. The zero-order valence-corrected chi connectivity index (χ0v) is 22.4. The summed E-state index contributed by atoms with van der Waals surface area (Å²) in [4.78, 5) is 2.61. The molecule has 0 aromatic heterocycles. The van der Waals surface area contributed by atoms with E-state index < -0.39 is 0 Å². The van der Waals surface area contributed by atoms with Crippen LogP contribution in [0.3, 0.4) is 0 Å². The van der Waals surface area contributed by atoms with Gasteiger partial charge in [0.2, 0.25) is 0 Å². The van der Waals surface area contributed by atoms with Gasteiger partial charge in [-0.25, -0.2) is 0 Å². The normalized spacial score (nSPS) is 10.5. The molecule has 7 heteroatoms. The van der Waals surface area contributed by atoms with Gasteiger partial charge in [0.15, 0.2) is 0 Å². The minimum Gasteiger partial charge on any atom is -0.489 e. The third-order valence-electron chi connectivity index (χ3n) is 5.13. The highest BCUT2D eigenvalue weighted by atomic mass is 35.5. The number of rotatable bonds is 15. The smallest absolute Gasteiger partial charge is 0.124 e. The molecule has 0 radical (unpaired) electrons. The third-order valence-corrected chi connectivity index (χ3v) is 5.62. The molecule has 0 bridgehead atoms. The van der Waals surface area contributed by atoms with Crippen molar-refractivity contribution in [2.45, 2.75) is 59.1 Å². The number of benzene rings is 2. The molecule has 1 N–H and O–H groups in total. The predicted octanol–water partition coefficient (Wildman–Crippen LogP) is 7.80. The zero-order valence-electron chi connectivity index (χ0n) is 19.2. The molecule has 182 valence electrons. The highest BCUT2D eigenvalue weighted by molar-refractivity contribution is 6.30. The Bertz CT molecular complexity index is 720. The standard InChI is InChI=1S/C25H36Cl2N2O.2ClH/c1-3-5-15-29(16-6-4-2)17-7-14-28-19-22-18-24(27)12-13-25(22)30-20-21-8-10-23(26)11-9-21;;/h8-13,18,28H,3-7,14-17,19-20H2,1-2H3;2*1H. The lowest BCUT2D eigenvalue weighted by atomic mass is 10.2. The van der Waals surface area contributed by atoms with E-state index in [9.17, 15) is 0 Å². The lowest BCUT2D eigenvalue weighted by Gasteiger charge is -2.22. The monoisotopic (exact) mass is 522 g/mol. The molecule has 32 heavy (non-hydrogen) atoms. The van der Waals surface area contributed by atoms with Gasteiger partial charge in [0.05, 0.1) is 0 Å². The molecule has 0 aliphatic carbocycles. The molecule has 0 heterocycles. The van der Waals surface area contributed by atoms with Crippen LogP contribution in [0.4, 0.5) is 0 Å². The second kappa shape index (κ2) is 18.7. The maximum atomic E-state index is 6.23. The second-order valence-electron chi connectivity index (χ2n) is 7.75. The van der Waals surface area contributed by atoms with E-state index in [2.05, 4.69) is 24.1 Å². The Kier molecular flexibility index (Phi) is 18.3. The van der Waals surface area contributed by atoms with Crippen molar-refractivity contribution in [3.05, 3.63) is 63.6 Å². The van der Waals surface area contributed by atoms with Crippen molar-refractivity contribution in [2.24, 2.45) is 0 Å². The molecule has 0 saturated heterocycles. The molecule has 2 aromatic rings. The lowest BCUT2D eigenvalue weighted by Crippen LogP contribution is -2.29. The fourth-order valence-corrected chi connectivity index (χ4v) is 3.64. The average Bonchev–Trinajstić information content (AvgIpc) is 2.75. The quantitative estimate of drug-likeness (QED) is 0.241. The van der Waals surface area contributed by atoms with E-state index in [1.54, 1.807) is 0 Å². The first-order valence-electron chi connectivity index (χ1n) is 11.2. The van der Waals surface area contributed by atoms with Crippen LogP contribution in [-0.4, -0.2) is 31.1 Å². The van der Waals surface area contributed by atoms with E-state index in [1.807, 2.05) is 42.5 Å². The van der Waals surface area contributed by atoms with E-state index >= 15 is 0 Å². The van der Waals surface area contributed by atoms with E-state index in [0.29, 0.717) is 6.61 Å². The highest BCUT2D eigenvalue weighted by Gasteiger charge is 2.07. The third kappa shape index (κ3) is 12.5. The molecule has 2 rings (SSSR count). The van der Waals surface area contributed by atoms with Crippen LogP contribution in [0.15, 0.2) is 42.5 Å². The van der Waals surface area contributed by atoms with Crippen LogP contribution < -0.4 is 10.1 Å². The molecule has 0 amide bonds. The molecule has 0 unspecified atom stereocenters. The maximum Gasteiger partial charge on any atom is 0.124 e. The molecule has 3 nitrogen and oxygen atoms in total. The van der Waals surface area contributed by atoms with Crippen molar-refractivity contribution < 1.29 is 4.74 Å². The Morgan fingerprint density at radius 1 is 0.812 bits per heavy atom. The van der Waals surface area contributed by atoms with Crippen molar-refractivity contribution in [1.29, 1.82) is 0 Å². The Morgan fingerprint density at radius 2 is 1.41 bits per heavy atom.